The van der Waals surface area contributed by atoms with E-state index in [9.17, 15) is 4.79 Å². The summed E-state index contributed by atoms with van der Waals surface area (Å²) in [4.78, 5) is 13.4. The monoisotopic (exact) mass is 337 g/mol. The molecule has 0 aliphatic rings. The topological polar surface area (TPSA) is 77.7 Å². The van der Waals surface area contributed by atoms with Gasteiger partial charge in [0, 0.05) is 25.7 Å². The van der Waals surface area contributed by atoms with Crippen molar-refractivity contribution in [2.45, 2.75) is 17.4 Å². The molecule has 23 heavy (non-hydrogen) atoms. The van der Waals surface area contributed by atoms with Crippen LogP contribution in [-0.2, 0) is 4.79 Å². The summed E-state index contributed by atoms with van der Waals surface area (Å²) in [5.41, 5.74) is 0.687. The fraction of sp³-hybridized carbons (Fsp3) is 0.400. The van der Waals surface area contributed by atoms with E-state index in [0.29, 0.717) is 28.2 Å². The maximum atomic E-state index is 11.9. The molecule has 8 heteroatoms. The molecule has 0 aliphatic heterocycles. The van der Waals surface area contributed by atoms with Crippen LogP contribution < -0.4 is 9.47 Å². The molecular weight excluding hydrogens is 318 g/mol. The van der Waals surface area contributed by atoms with E-state index in [1.807, 2.05) is 0 Å². The third-order valence-corrected chi connectivity index (χ3v) is 3.99. The molecule has 0 saturated carbocycles. The standard InChI is InChI=1S/C15H19N3O4S/c1-9(14(19)18(2)3)23-15-17-16-13(22-15)10-6-11(20-4)8-12(7-10)21-5/h6-9H,1-5H3/t9-/m0/s1. The second-order valence-electron chi connectivity index (χ2n) is 4.97. The summed E-state index contributed by atoms with van der Waals surface area (Å²) in [5, 5.41) is 8.03. The normalized spacial score (nSPS) is 11.9. The maximum absolute atomic E-state index is 11.9. The highest BCUT2D eigenvalue weighted by atomic mass is 32.2. The molecule has 0 N–H and O–H groups in total. The SMILES string of the molecule is COc1cc(OC)cc(-c2nnc(S[C@@H](C)C(=O)N(C)C)o2)c1. The van der Waals surface area contributed by atoms with Crippen molar-refractivity contribution in [2.24, 2.45) is 0 Å². The second kappa shape index (κ2) is 7.36. The fourth-order valence-corrected chi connectivity index (χ4v) is 2.70. The fourth-order valence-electron chi connectivity index (χ4n) is 1.87. The van der Waals surface area contributed by atoms with Crippen LogP contribution in [0.25, 0.3) is 11.5 Å². The van der Waals surface area contributed by atoms with Gasteiger partial charge in [0.15, 0.2) is 0 Å². The van der Waals surface area contributed by atoms with Gasteiger partial charge in [0.2, 0.25) is 11.8 Å². The van der Waals surface area contributed by atoms with Gasteiger partial charge in [-0.2, -0.15) is 0 Å². The van der Waals surface area contributed by atoms with Crippen LogP contribution in [0.4, 0.5) is 0 Å². The van der Waals surface area contributed by atoms with Crippen LogP contribution in [0, 0.1) is 0 Å². The van der Waals surface area contributed by atoms with Crippen molar-refractivity contribution in [1.29, 1.82) is 0 Å². The van der Waals surface area contributed by atoms with Crippen LogP contribution in [0.15, 0.2) is 27.8 Å². The minimum absolute atomic E-state index is 0.0159. The van der Waals surface area contributed by atoms with Crippen molar-refractivity contribution in [3.63, 3.8) is 0 Å². The van der Waals surface area contributed by atoms with E-state index in [2.05, 4.69) is 10.2 Å². The molecule has 0 bridgehead atoms. The number of aromatic nitrogens is 2. The average molecular weight is 337 g/mol. The first kappa shape index (κ1) is 17.1. The minimum Gasteiger partial charge on any atom is -0.497 e. The average Bonchev–Trinajstić information content (AvgIpc) is 3.01. The van der Waals surface area contributed by atoms with Gasteiger partial charge in [0.1, 0.15) is 11.5 Å². The quantitative estimate of drug-likeness (QED) is 0.749. The zero-order chi connectivity index (χ0) is 17.0. The van der Waals surface area contributed by atoms with Crippen LogP contribution in [-0.4, -0.2) is 54.6 Å². The third kappa shape index (κ3) is 4.16. The first-order valence-electron chi connectivity index (χ1n) is 6.89. The highest BCUT2D eigenvalue weighted by Crippen LogP contribution is 2.31. The highest BCUT2D eigenvalue weighted by Gasteiger charge is 2.20. The Bertz CT molecular complexity index is 665. The minimum atomic E-state index is -0.307. The number of ether oxygens (including phenoxy) is 2. The predicted octanol–water partition coefficient (Wildman–Crippen LogP) is 2.32. The molecule has 0 saturated heterocycles. The lowest BCUT2D eigenvalue weighted by molar-refractivity contribution is -0.127. The first-order valence-corrected chi connectivity index (χ1v) is 7.77. The molecule has 0 unspecified atom stereocenters. The molecule has 0 radical (unpaired) electrons. The molecule has 124 valence electrons. The van der Waals surface area contributed by atoms with Crippen molar-refractivity contribution in [2.75, 3.05) is 28.3 Å². The number of carbonyl (C=O) groups excluding carboxylic acids is 1. The molecular formula is C15H19N3O4S. The van der Waals surface area contributed by atoms with Gasteiger partial charge in [-0.25, -0.2) is 0 Å². The van der Waals surface area contributed by atoms with Crippen molar-refractivity contribution < 1.29 is 18.7 Å². The largest absolute Gasteiger partial charge is 0.497 e. The Morgan fingerprint density at radius 2 is 1.78 bits per heavy atom. The number of thioether (sulfide) groups is 1. The Morgan fingerprint density at radius 3 is 2.30 bits per heavy atom. The summed E-state index contributed by atoms with van der Waals surface area (Å²) in [6.45, 7) is 1.80. The molecule has 1 heterocycles. The van der Waals surface area contributed by atoms with Crippen LogP contribution in [0.1, 0.15) is 6.92 Å². The number of benzene rings is 1. The lowest BCUT2D eigenvalue weighted by Crippen LogP contribution is -2.29. The second-order valence-corrected chi connectivity index (χ2v) is 6.26. The maximum Gasteiger partial charge on any atom is 0.277 e. The summed E-state index contributed by atoms with van der Waals surface area (Å²) in [7, 11) is 6.56. The molecule has 2 aromatic rings. The number of carbonyl (C=O) groups is 1. The van der Waals surface area contributed by atoms with Gasteiger partial charge in [-0.05, 0) is 19.1 Å². The molecule has 2 rings (SSSR count). The number of methoxy groups -OCH3 is 2. The van der Waals surface area contributed by atoms with Gasteiger partial charge in [-0.1, -0.05) is 11.8 Å². The Hall–Kier alpha value is -2.22. The van der Waals surface area contributed by atoms with E-state index in [1.165, 1.54) is 16.7 Å². The lowest BCUT2D eigenvalue weighted by Gasteiger charge is -2.14. The van der Waals surface area contributed by atoms with Crippen LogP contribution in [0.3, 0.4) is 0 Å². The van der Waals surface area contributed by atoms with E-state index in [4.69, 9.17) is 13.9 Å². The molecule has 1 amide bonds. The summed E-state index contributed by atoms with van der Waals surface area (Å²) >= 11 is 1.22. The van der Waals surface area contributed by atoms with E-state index >= 15 is 0 Å². The van der Waals surface area contributed by atoms with Gasteiger partial charge in [0.05, 0.1) is 19.5 Å². The Morgan fingerprint density at radius 1 is 1.17 bits per heavy atom. The Labute approximate surface area is 139 Å². The lowest BCUT2D eigenvalue weighted by atomic mass is 10.2. The van der Waals surface area contributed by atoms with Gasteiger partial charge >= 0.3 is 0 Å². The number of hydrogen-bond acceptors (Lipinski definition) is 7. The van der Waals surface area contributed by atoms with Crippen LogP contribution >= 0.6 is 11.8 Å². The third-order valence-electron chi connectivity index (χ3n) is 3.07. The number of rotatable bonds is 6. The van der Waals surface area contributed by atoms with Crippen molar-refractivity contribution in [1.82, 2.24) is 15.1 Å². The van der Waals surface area contributed by atoms with E-state index in [1.54, 1.807) is 53.4 Å². The first-order chi connectivity index (χ1) is 10.9. The molecule has 1 aromatic carbocycles. The number of hydrogen-bond donors (Lipinski definition) is 0. The van der Waals surface area contributed by atoms with Crippen LogP contribution in [0.2, 0.25) is 0 Å². The predicted molar refractivity (Wildman–Crippen MR) is 86.9 cm³/mol. The molecule has 7 nitrogen and oxygen atoms in total. The molecule has 0 aliphatic carbocycles. The van der Waals surface area contributed by atoms with Crippen LogP contribution in [0.5, 0.6) is 11.5 Å². The molecule has 0 fully saturated rings. The van der Waals surface area contributed by atoms with E-state index in [-0.39, 0.29) is 11.2 Å². The van der Waals surface area contributed by atoms with Gasteiger partial charge in [-0.3, -0.25) is 4.79 Å². The van der Waals surface area contributed by atoms with Crippen molar-refractivity contribution in [3.05, 3.63) is 18.2 Å². The van der Waals surface area contributed by atoms with E-state index < -0.39 is 0 Å². The van der Waals surface area contributed by atoms with Gasteiger partial charge in [-0.15, -0.1) is 10.2 Å². The molecule has 1 atom stereocenters. The van der Waals surface area contributed by atoms with Gasteiger partial charge < -0.3 is 18.8 Å². The summed E-state index contributed by atoms with van der Waals surface area (Å²) in [6, 6.07) is 5.31. The van der Waals surface area contributed by atoms with Crippen molar-refractivity contribution in [3.8, 4) is 23.0 Å². The summed E-state index contributed by atoms with van der Waals surface area (Å²) in [6.07, 6.45) is 0. The zero-order valence-electron chi connectivity index (χ0n) is 13.7. The Kier molecular flexibility index (Phi) is 5.49. The van der Waals surface area contributed by atoms with Crippen molar-refractivity contribution >= 4 is 17.7 Å². The Balaban J connectivity index is 2.20. The summed E-state index contributed by atoms with van der Waals surface area (Å²) < 4.78 is 16.1. The highest BCUT2D eigenvalue weighted by molar-refractivity contribution is 8.00. The summed E-state index contributed by atoms with van der Waals surface area (Å²) in [5.74, 6) is 1.58. The molecule has 0 spiro atoms. The van der Waals surface area contributed by atoms with Gasteiger partial charge in [0.25, 0.3) is 5.22 Å². The smallest absolute Gasteiger partial charge is 0.277 e. The van der Waals surface area contributed by atoms with E-state index in [0.717, 1.165) is 0 Å². The number of amides is 1. The zero-order valence-corrected chi connectivity index (χ0v) is 14.5. The molecule has 1 aromatic heterocycles. The number of nitrogens with zero attached hydrogens (tertiary/aromatic N) is 3.